The summed E-state index contributed by atoms with van der Waals surface area (Å²) in [5, 5.41) is 11.7. The first kappa shape index (κ1) is 18.2. The molecule has 0 bridgehead atoms. The molecule has 6 nitrogen and oxygen atoms in total. The molecule has 146 valence electrons. The van der Waals surface area contributed by atoms with E-state index in [0.717, 1.165) is 12.8 Å². The van der Waals surface area contributed by atoms with E-state index < -0.39 is 40.4 Å². The van der Waals surface area contributed by atoms with Crippen LogP contribution in [0, 0.1) is 22.7 Å². The van der Waals surface area contributed by atoms with Crippen molar-refractivity contribution in [3.63, 3.8) is 0 Å². The highest BCUT2D eigenvalue weighted by Crippen LogP contribution is 2.73. The van der Waals surface area contributed by atoms with E-state index in [2.05, 4.69) is 6.92 Å². The van der Waals surface area contributed by atoms with Gasteiger partial charge in [-0.25, -0.2) is 0 Å². The number of hydrogen-bond donors (Lipinski definition) is 1. The summed E-state index contributed by atoms with van der Waals surface area (Å²) in [4.78, 5) is 25.7. The average Bonchev–Trinajstić information content (AvgIpc) is 3.12. The van der Waals surface area contributed by atoms with Gasteiger partial charge < -0.3 is 19.3 Å². The molecular formula is C20H30O6. The standard InChI is InChI=1S/C20H30O6/c1-6-11(2)13(21)24-14-17(4)12(3)8-7-9-19(17,23)10-20(14)15(22)25-16-18(20,5)26-16/h11-12,14,16,23H,6-10H2,1-5H3/t11?,12-,14-,16-,17-,18+,19-,20+/m0/s1. The van der Waals surface area contributed by atoms with E-state index in [1.165, 1.54) is 0 Å². The lowest BCUT2D eigenvalue weighted by Crippen LogP contribution is -2.57. The van der Waals surface area contributed by atoms with Gasteiger partial charge in [-0.3, -0.25) is 9.59 Å². The molecule has 4 rings (SSSR count). The molecule has 4 aliphatic rings. The molecule has 2 aliphatic carbocycles. The molecule has 1 spiro atoms. The average molecular weight is 366 g/mol. The predicted molar refractivity (Wildman–Crippen MR) is 91.8 cm³/mol. The molecule has 1 N–H and O–H groups in total. The topological polar surface area (TPSA) is 85.4 Å². The van der Waals surface area contributed by atoms with Crippen LogP contribution in [0.25, 0.3) is 0 Å². The Morgan fingerprint density at radius 3 is 2.69 bits per heavy atom. The molecule has 2 saturated heterocycles. The Morgan fingerprint density at radius 1 is 1.42 bits per heavy atom. The van der Waals surface area contributed by atoms with Crippen LogP contribution < -0.4 is 0 Å². The molecule has 2 saturated carbocycles. The van der Waals surface area contributed by atoms with Crippen LogP contribution in [-0.4, -0.2) is 40.6 Å². The first-order chi connectivity index (χ1) is 12.1. The van der Waals surface area contributed by atoms with E-state index in [4.69, 9.17) is 14.2 Å². The van der Waals surface area contributed by atoms with E-state index in [9.17, 15) is 14.7 Å². The second kappa shape index (κ2) is 5.22. The molecule has 0 aromatic heterocycles. The van der Waals surface area contributed by atoms with Crippen molar-refractivity contribution in [3.05, 3.63) is 0 Å². The molecule has 1 unspecified atom stereocenters. The molecule has 6 heteroatoms. The normalized spacial score (nSPS) is 53.0. The lowest BCUT2D eigenvalue weighted by atomic mass is 9.59. The van der Waals surface area contributed by atoms with Gasteiger partial charge in [-0.1, -0.05) is 34.1 Å². The molecule has 0 amide bonds. The number of esters is 2. The fraction of sp³-hybridized carbons (Fsp3) is 0.900. The first-order valence-corrected chi connectivity index (χ1v) is 9.88. The quantitative estimate of drug-likeness (QED) is 0.610. The fourth-order valence-corrected chi connectivity index (χ4v) is 5.86. The third kappa shape index (κ3) is 1.85. The van der Waals surface area contributed by atoms with E-state index in [0.29, 0.717) is 12.8 Å². The van der Waals surface area contributed by atoms with Crippen molar-refractivity contribution in [2.75, 3.05) is 0 Å². The second-order valence-corrected chi connectivity index (χ2v) is 9.34. The number of ether oxygens (including phenoxy) is 3. The zero-order valence-electron chi connectivity index (χ0n) is 16.3. The number of hydrogen-bond acceptors (Lipinski definition) is 6. The zero-order valence-corrected chi connectivity index (χ0v) is 16.3. The zero-order chi connectivity index (χ0) is 19.1. The predicted octanol–water partition coefficient (Wildman–Crippen LogP) is 2.56. The summed E-state index contributed by atoms with van der Waals surface area (Å²) in [6.45, 7) is 9.67. The van der Waals surface area contributed by atoms with Gasteiger partial charge in [0.15, 0.2) is 5.60 Å². The lowest BCUT2D eigenvalue weighted by molar-refractivity contribution is -0.195. The molecule has 0 radical (unpaired) electrons. The van der Waals surface area contributed by atoms with Gasteiger partial charge in [-0.2, -0.15) is 0 Å². The molecule has 4 fully saturated rings. The highest BCUT2D eigenvalue weighted by atomic mass is 16.8. The summed E-state index contributed by atoms with van der Waals surface area (Å²) in [5.41, 5.74) is -3.76. The third-order valence-corrected chi connectivity index (χ3v) is 8.27. The largest absolute Gasteiger partial charge is 0.460 e. The molecule has 0 aromatic carbocycles. The summed E-state index contributed by atoms with van der Waals surface area (Å²) in [6.07, 6.45) is 1.97. The highest BCUT2D eigenvalue weighted by molar-refractivity contribution is 5.85. The van der Waals surface area contributed by atoms with Crippen LogP contribution in [0.3, 0.4) is 0 Å². The van der Waals surface area contributed by atoms with Gasteiger partial charge in [-0.05, 0) is 38.5 Å². The van der Waals surface area contributed by atoms with Gasteiger partial charge in [0.2, 0.25) is 6.29 Å². The van der Waals surface area contributed by atoms with Crippen LogP contribution in [0.15, 0.2) is 0 Å². The van der Waals surface area contributed by atoms with Crippen molar-refractivity contribution in [3.8, 4) is 0 Å². The van der Waals surface area contributed by atoms with Crippen LogP contribution in [0.5, 0.6) is 0 Å². The monoisotopic (exact) mass is 366 g/mol. The van der Waals surface area contributed by atoms with Crippen molar-refractivity contribution in [2.24, 2.45) is 22.7 Å². The number of carbonyl (C=O) groups excluding carboxylic acids is 2. The summed E-state index contributed by atoms with van der Waals surface area (Å²) in [7, 11) is 0. The lowest BCUT2D eigenvalue weighted by Gasteiger charge is -2.50. The van der Waals surface area contributed by atoms with Crippen LogP contribution in [-0.2, 0) is 23.8 Å². The summed E-state index contributed by atoms with van der Waals surface area (Å²) in [5.74, 6) is -0.857. The fourth-order valence-electron chi connectivity index (χ4n) is 5.86. The molecule has 2 aliphatic heterocycles. The van der Waals surface area contributed by atoms with E-state index in [1.54, 1.807) is 0 Å². The van der Waals surface area contributed by atoms with Crippen LogP contribution >= 0.6 is 0 Å². The minimum Gasteiger partial charge on any atom is -0.460 e. The van der Waals surface area contributed by atoms with Gasteiger partial charge >= 0.3 is 11.9 Å². The Labute approximate surface area is 154 Å². The number of carbonyl (C=O) groups is 2. The Kier molecular flexibility index (Phi) is 3.66. The van der Waals surface area contributed by atoms with Gasteiger partial charge in [-0.15, -0.1) is 0 Å². The first-order valence-electron chi connectivity index (χ1n) is 9.88. The summed E-state index contributed by atoms with van der Waals surface area (Å²) < 4.78 is 17.2. The summed E-state index contributed by atoms with van der Waals surface area (Å²) >= 11 is 0. The van der Waals surface area contributed by atoms with Crippen molar-refractivity contribution < 1.29 is 28.9 Å². The van der Waals surface area contributed by atoms with Gasteiger partial charge in [0.1, 0.15) is 11.5 Å². The van der Waals surface area contributed by atoms with Crippen LogP contribution in [0.4, 0.5) is 0 Å². The minimum atomic E-state index is -1.14. The summed E-state index contributed by atoms with van der Waals surface area (Å²) in [6, 6.07) is 0. The molecular weight excluding hydrogens is 336 g/mol. The Morgan fingerprint density at radius 2 is 2.12 bits per heavy atom. The smallest absolute Gasteiger partial charge is 0.321 e. The maximum absolute atomic E-state index is 13.0. The number of fused-ring (bicyclic) bond motifs is 3. The number of epoxide rings is 1. The maximum Gasteiger partial charge on any atom is 0.321 e. The molecule has 26 heavy (non-hydrogen) atoms. The van der Waals surface area contributed by atoms with Crippen molar-refractivity contribution in [2.45, 2.75) is 90.3 Å². The van der Waals surface area contributed by atoms with Crippen LogP contribution in [0.2, 0.25) is 0 Å². The van der Waals surface area contributed by atoms with E-state index >= 15 is 0 Å². The van der Waals surface area contributed by atoms with Crippen molar-refractivity contribution in [1.82, 2.24) is 0 Å². The minimum absolute atomic E-state index is 0.115. The molecule has 2 heterocycles. The van der Waals surface area contributed by atoms with E-state index in [-0.39, 0.29) is 24.2 Å². The second-order valence-electron chi connectivity index (χ2n) is 9.34. The number of rotatable bonds is 3. The molecule has 0 aromatic rings. The Bertz CT molecular complexity index is 663. The van der Waals surface area contributed by atoms with Crippen molar-refractivity contribution in [1.29, 1.82) is 0 Å². The van der Waals surface area contributed by atoms with E-state index in [1.807, 2.05) is 27.7 Å². The SMILES string of the molecule is CCC(C)C(=O)O[C@H]1[C@]2(C)[C@@H](C)CCC[C@]2(O)C[C@]12C(=O)O[C@H]1O[C@]12C. The van der Waals surface area contributed by atoms with Gasteiger partial charge in [0.25, 0.3) is 0 Å². The van der Waals surface area contributed by atoms with Gasteiger partial charge in [0.05, 0.1) is 11.5 Å². The van der Waals surface area contributed by atoms with Crippen molar-refractivity contribution >= 4 is 11.9 Å². The number of aliphatic hydroxyl groups is 1. The highest BCUT2D eigenvalue weighted by Gasteiger charge is 2.88. The Hall–Kier alpha value is -1.14. The van der Waals surface area contributed by atoms with Gasteiger partial charge in [0, 0.05) is 5.41 Å². The van der Waals surface area contributed by atoms with Crippen LogP contribution in [0.1, 0.15) is 66.7 Å². The third-order valence-electron chi connectivity index (χ3n) is 8.27. The molecule has 8 atom stereocenters. The Balaban J connectivity index is 1.84. The maximum atomic E-state index is 13.0.